The van der Waals surface area contributed by atoms with Gasteiger partial charge in [0.05, 0.1) is 18.3 Å². The SMILES string of the molecule is Cc1cccc(N(Cc2ccccc2)C(=O)CSc2nnnn2C2CCCC2)c1. The van der Waals surface area contributed by atoms with E-state index in [4.69, 9.17) is 0 Å². The Morgan fingerprint density at radius 1 is 1.14 bits per heavy atom. The highest BCUT2D eigenvalue weighted by molar-refractivity contribution is 7.99. The zero-order chi connectivity index (χ0) is 20.1. The zero-order valence-corrected chi connectivity index (χ0v) is 17.4. The summed E-state index contributed by atoms with van der Waals surface area (Å²) in [5.41, 5.74) is 3.14. The highest BCUT2D eigenvalue weighted by atomic mass is 32.2. The lowest BCUT2D eigenvalue weighted by Gasteiger charge is -2.23. The van der Waals surface area contributed by atoms with Crippen molar-refractivity contribution in [2.75, 3.05) is 10.7 Å². The third-order valence-electron chi connectivity index (χ3n) is 5.26. The van der Waals surface area contributed by atoms with Crippen molar-refractivity contribution < 1.29 is 4.79 Å². The molecule has 2 aromatic carbocycles. The van der Waals surface area contributed by atoms with Crippen molar-refractivity contribution in [1.29, 1.82) is 0 Å². The average molecular weight is 408 g/mol. The van der Waals surface area contributed by atoms with Crippen molar-refractivity contribution in [2.24, 2.45) is 0 Å². The van der Waals surface area contributed by atoms with E-state index in [1.807, 2.05) is 71.1 Å². The minimum Gasteiger partial charge on any atom is -0.307 e. The monoisotopic (exact) mass is 407 g/mol. The first kappa shape index (κ1) is 19.6. The van der Waals surface area contributed by atoms with Gasteiger partial charge in [0.15, 0.2) is 0 Å². The number of thioether (sulfide) groups is 1. The Labute approximate surface area is 175 Å². The summed E-state index contributed by atoms with van der Waals surface area (Å²) >= 11 is 1.42. The molecule has 0 radical (unpaired) electrons. The molecule has 0 saturated heterocycles. The maximum Gasteiger partial charge on any atom is 0.237 e. The minimum atomic E-state index is 0.0467. The van der Waals surface area contributed by atoms with Crippen LogP contribution in [0.25, 0.3) is 0 Å². The van der Waals surface area contributed by atoms with Crippen molar-refractivity contribution in [3.8, 4) is 0 Å². The first-order chi connectivity index (χ1) is 14.2. The average Bonchev–Trinajstić information content (AvgIpc) is 3.42. The van der Waals surface area contributed by atoms with Gasteiger partial charge < -0.3 is 4.90 Å². The number of anilines is 1. The Morgan fingerprint density at radius 2 is 1.93 bits per heavy atom. The fourth-order valence-electron chi connectivity index (χ4n) is 3.75. The second-order valence-electron chi connectivity index (χ2n) is 7.44. The van der Waals surface area contributed by atoms with E-state index in [1.165, 1.54) is 24.6 Å². The van der Waals surface area contributed by atoms with Crippen molar-refractivity contribution in [3.63, 3.8) is 0 Å². The molecule has 0 bridgehead atoms. The minimum absolute atomic E-state index is 0.0467. The molecule has 0 unspecified atom stereocenters. The molecular formula is C22H25N5OS. The normalized spacial score (nSPS) is 14.2. The van der Waals surface area contributed by atoms with Crippen LogP contribution in [0.4, 0.5) is 5.69 Å². The molecule has 1 heterocycles. The van der Waals surface area contributed by atoms with E-state index in [1.54, 1.807) is 0 Å². The molecule has 1 aliphatic rings. The van der Waals surface area contributed by atoms with Crippen LogP contribution in [0.15, 0.2) is 59.8 Å². The number of hydrogen-bond donors (Lipinski definition) is 0. The number of tetrazole rings is 1. The van der Waals surface area contributed by atoms with Crippen LogP contribution in [0.5, 0.6) is 0 Å². The molecule has 1 saturated carbocycles. The maximum atomic E-state index is 13.2. The molecule has 0 N–H and O–H groups in total. The summed E-state index contributed by atoms with van der Waals surface area (Å²) in [7, 11) is 0. The second-order valence-corrected chi connectivity index (χ2v) is 8.38. The van der Waals surface area contributed by atoms with Gasteiger partial charge >= 0.3 is 0 Å². The molecular weight excluding hydrogens is 382 g/mol. The van der Waals surface area contributed by atoms with Gasteiger partial charge in [-0.15, -0.1) is 5.10 Å². The predicted octanol–water partition coefficient (Wildman–Crippen LogP) is 4.42. The fourth-order valence-corrected chi connectivity index (χ4v) is 4.57. The van der Waals surface area contributed by atoms with Crippen LogP contribution in [0, 0.1) is 6.92 Å². The molecule has 0 spiro atoms. The quantitative estimate of drug-likeness (QED) is 0.543. The lowest BCUT2D eigenvalue weighted by molar-refractivity contribution is -0.116. The van der Waals surface area contributed by atoms with E-state index < -0.39 is 0 Å². The largest absolute Gasteiger partial charge is 0.307 e. The molecule has 0 aliphatic heterocycles. The molecule has 1 amide bonds. The van der Waals surface area contributed by atoms with Gasteiger partial charge in [-0.1, -0.05) is 67.1 Å². The predicted molar refractivity (Wildman–Crippen MR) is 115 cm³/mol. The number of carbonyl (C=O) groups excluding carboxylic acids is 1. The number of carbonyl (C=O) groups is 1. The first-order valence-corrected chi connectivity index (χ1v) is 11.0. The van der Waals surface area contributed by atoms with Crippen LogP contribution in [-0.4, -0.2) is 31.9 Å². The van der Waals surface area contributed by atoms with Gasteiger partial charge in [-0.25, -0.2) is 4.68 Å². The Kier molecular flexibility index (Phi) is 6.24. The van der Waals surface area contributed by atoms with E-state index >= 15 is 0 Å². The molecule has 7 heteroatoms. The van der Waals surface area contributed by atoms with Crippen molar-refractivity contribution >= 4 is 23.4 Å². The molecule has 1 fully saturated rings. The van der Waals surface area contributed by atoms with Crippen molar-refractivity contribution in [2.45, 2.75) is 50.4 Å². The third kappa shape index (κ3) is 4.85. The van der Waals surface area contributed by atoms with E-state index in [-0.39, 0.29) is 5.91 Å². The van der Waals surface area contributed by atoms with Gasteiger partial charge in [-0.05, 0) is 53.5 Å². The summed E-state index contributed by atoms with van der Waals surface area (Å²) in [6, 6.07) is 18.5. The summed E-state index contributed by atoms with van der Waals surface area (Å²) in [5, 5.41) is 12.9. The van der Waals surface area contributed by atoms with E-state index in [9.17, 15) is 4.79 Å². The Bertz CT molecular complexity index is 953. The molecule has 6 nitrogen and oxygen atoms in total. The van der Waals surface area contributed by atoms with Crippen LogP contribution in [0.1, 0.15) is 42.9 Å². The molecule has 1 aromatic heterocycles. The van der Waals surface area contributed by atoms with E-state index in [0.29, 0.717) is 18.3 Å². The Morgan fingerprint density at radius 3 is 2.69 bits per heavy atom. The Balaban J connectivity index is 1.50. The highest BCUT2D eigenvalue weighted by Crippen LogP contribution is 2.31. The van der Waals surface area contributed by atoms with Crippen LogP contribution in [0.2, 0.25) is 0 Å². The van der Waals surface area contributed by atoms with Crippen LogP contribution >= 0.6 is 11.8 Å². The summed E-state index contributed by atoms with van der Waals surface area (Å²) in [6.07, 6.45) is 4.64. The number of nitrogens with zero attached hydrogens (tertiary/aromatic N) is 5. The number of aromatic nitrogens is 4. The number of benzene rings is 2. The topological polar surface area (TPSA) is 63.9 Å². The molecule has 0 atom stereocenters. The lowest BCUT2D eigenvalue weighted by atomic mass is 10.1. The molecule has 150 valence electrons. The van der Waals surface area contributed by atoms with Gasteiger partial charge in [0.2, 0.25) is 11.1 Å². The van der Waals surface area contributed by atoms with Crippen molar-refractivity contribution in [3.05, 3.63) is 65.7 Å². The summed E-state index contributed by atoms with van der Waals surface area (Å²) in [6.45, 7) is 2.58. The smallest absolute Gasteiger partial charge is 0.237 e. The summed E-state index contributed by atoms with van der Waals surface area (Å²) in [4.78, 5) is 15.1. The summed E-state index contributed by atoms with van der Waals surface area (Å²) in [5.74, 6) is 0.346. The van der Waals surface area contributed by atoms with Crippen LogP contribution < -0.4 is 4.90 Å². The lowest BCUT2D eigenvalue weighted by Crippen LogP contribution is -2.32. The molecule has 29 heavy (non-hydrogen) atoms. The van der Waals surface area contributed by atoms with Crippen LogP contribution in [-0.2, 0) is 11.3 Å². The number of hydrogen-bond acceptors (Lipinski definition) is 5. The van der Waals surface area contributed by atoms with Crippen LogP contribution in [0.3, 0.4) is 0 Å². The van der Waals surface area contributed by atoms with Crippen molar-refractivity contribution in [1.82, 2.24) is 20.2 Å². The highest BCUT2D eigenvalue weighted by Gasteiger charge is 2.23. The maximum absolute atomic E-state index is 13.2. The van der Waals surface area contributed by atoms with E-state index in [2.05, 4.69) is 15.5 Å². The standard InChI is InChI=1S/C22H25N5OS/c1-17-8-7-13-20(14-17)26(15-18-9-3-2-4-10-18)21(28)16-29-22-23-24-25-27(22)19-11-5-6-12-19/h2-4,7-10,13-14,19H,5-6,11-12,15-16H2,1H3. The molecule has 3 aromatic rings. The van der Waals surface area contributed by atoms with Gasteiger partial charge in [-0.3, -0.25) is 4.79 Å². The van der Waals surface area contributed by atoms with Gasteiger partial charge in [0.25, 0.3) is 0 Å². The molecule has 4 rings (SSSR count). The third-order valence-corrected chi connectivity index (χ3v) is 6.17. The Hall–Kier alpha value is -2.67. The number of aryl methyl sites for hydroxylation is 1. The zero-order valence-electron chi connectivity index (χ0n) is 16.6. The first-order valence-electron chi connectivity index (χ1n) is 10.0. The molecule has 1 aliphatic carbocycles. The number of rotatable bonds is 7. The van der Waals surface area contributed by atoms with Gasteiger partial charge in [-0.2, -0.15) is 0 Å². The second kappa shape index (κ2) is 9.22. The van der Waals surface area contributed by atoms with E-state index in [0.717, 1.165) is 34.8 Å². The number of amides is 1. The van der Waals surface area contributed by atoms with Gasteiger partial charge in [0.1, 0.15) is 0 Å². The fraction of sp³-hybridized carbons (Fsp3) is 0.364. The van der Waals surface area contributed by atoms with Gasteiger partial charge in [0, 0.05) is 5.69 Å². The summed E-state index contributed by atoms with van der Waals surface area (Å²) < 4.78 is 1.90.